The summed E-state index contributed by atoms with van der Waals surface area (Å²) in [4.78, 5) is 18.3. The minimum absolute atomic E-state index is 0.0442. The second-order valence-electron chi connectivity index (χ2n) is 8.98. The van der Waals surface area contributed by atoms with Crippen molar-refractivity contribution in [3.8, 4) is 0 Å². The van der Waals surface area contributed by atoms with E-state index in [-0.39, 0.29) is 29.0 Å². The highest BCUT2D eigenvalue weighted by atomic mass is 16.7. The van der Waals surface area contributed by atoms with E-state index in [0.717, 1.165) is 31.2 Å². The molecule has 26 heavy (non-hydrogen) atoms. The normalized spacial score (nSPS) is 22.7. The summed E-state index contributed by atoms with van der Waals surface area (Å²) >= 11 is 0. The molecule has 146 valence electrons. The Balaban J connectivity index is 2.21. The van der Waals surface area contributed by atoms with Crippen LogP contribution in [0.25, 0.3) is 0 Å². The van der Waals surface area contributed by atoms with Gasteiger partial charge in [-0.05, 0) is 65.4 Å². The molecule has 0 amide bonds. The van der Waals surface area contributed by atoms with Gasteiger partial charge in [0.1, 0.15) is 6.10 Å². The average molecular weight is 362 g/mol. The Morgan fingerprint density at radius 2 is 1.73 bits per heavy atom. The molecule has 0 saturated carbocycles. The Labute approximate surface area is 158 Å². The lowest BCUT2D eigenvalue weighted by Crippen LogP contribution is -2.61. The third kappa shape index (κ3) is 4.66. The summed E-state index contributed by atoms with van der Waals surface area (Å²) in [5, 5.41) is 11.8. The zero-order valence-electron chi connectivity index (χ0n) is 17.2. The fraction of sp³-hybridized carbons (Fsp3) is 0.682. The molecule has 1 aliphatic heterocycles. The maximum atomic E-state index is 11.8. The number of benzene rings is 1. The van der Waals surface area contributed by atoms with Gasteiger partial charge in [-0.2, -0.15) is 5.06 Å². The zero-order valence-corrected chi connectivity index (χ0v) is 17.2. The molecular formula is C22H35NO3. The van der Waals surface area contributed by atoms with Crippen LogP contribution in [0.5, 0.6) is 0 Å². The van der Waals surface area contributed by atoms with Gasteiger partial charge in [0.25, 0.3) is 0 Å². The van der Waals surface area contributed by atoms with Crippen LogP contribution in [-0.4, -0.2) is 27.2 Å². The molecule has 1 saturated heterocycles. The van der Waals surface area contributed by atoms with Crippen molar-refractivity contribution in [3.05, 3.63) is 35.9 Å². The van der Waals surface area contributed by atoms with Crippen LogP contribution >= 0.6 is 0 Å². The molecule has 4 nitrogen and oxygen atoms in total. The molecule has 2 unspecified atom stereocenters. The second kappa shape index (κ2) is 8.10. The molecule has 0 aromatic heterocycles. The molecule has 2 rings (SSSR count). The topological polar surface area (TPSA) is 49.8 Å². The first kappa shape index (κ1) is 20.9. The second-order valence-corrected chi connectivity index (χ2v) is 8.98. The molecule has 0 bridgehead atoms. The lowest BCUT2D eigenvalue weighted by Gasteiger charge is -2.55. The minimum atomic E-state index is -0.657. The molecule has 1 aromatic carbocycles. The summed E-state index contributed by atoms with van der Waals surface area (Å²) in [5.41, 5.74) is 0.698. The third-order valence-electron chi connectivity index (χ3n) is 5.64. The number of hydrogen-bond acceptors (Lipinski definition) is 3. The summed E-state index contributed by atoms with van der Waals surface area (Å²) in [6.45, 7) is 12.8. The Morgan fingerprint density at radius 1 is 1.19 bits per heavy atom. The van der Waals surface area contributed by atoms with Gasteiger partial charge in [-0.25, -0.2) is 0 Å². The van der Waals surface area contributed by atoms with E-state index in [1.54, 1.807) is 0 Å². The molecule has 0 aliphatic carbocycles. The van der Waals surface area contributed by atoms with Gasteiger partial charge in [0.15, 0.2) is 0 Å². The number of hydroxylamine groups is 2. The summed E-state index contributed by atoms with van der Waals surface area (Å²) in [6, 6.07) is 10.2. The molecular weight excluding hydrogens is 326 g/mol. The van der Waals surface area contributed by atoms with Gasteiger partial charge in [-0.3, -0.25) is 9.63 Å². The molecule has 1 aromatic rings. The molecule has 0 spiro atoms. The number of hydrogen-bond donors (Lipinski definition) is 1. The first-order valence-electron chi connectivity index (χ1n) is 9.83. The minimum Gasteiger partial charge on any atom is -0.481 e. The Kier molecular flexibility index (Phi) is 6.51. The number of piperidine rings is 1. The Bertz CT molecular complexity index is 579. The van der Waals surface area contributed by atoms with Gasteiger partial charge in [-0.1, -0.05) is 43.7 Å². The Morgan fingerprint density at radius 3 is 2.19 bits per heavy atom. The van der Waals surface area contributed by atoms with Crippen molar-refractivity contribution >= 4 is 5.97 Å². The maximum absolute atomic E-state index is 11.8. The van der Waals surface area contributed by atoms with Crippen LogP contribution in [0.3, 0.4) is 0 Å². The predicted molar refractivity (Wildman–Crippen MR) is 105 cm³/mol. The quantitative estimate of drug-likeness (QED) is 0.701. The summed E-state index contributed by atoms with van der Waals surface area (Å²) in [6.07, 6.45) is 3.26. The standard InChI is InChI=1S/C22H35NO3/c1-7-11-19(20(24)25)18-14-21(3,4)23(22(5,6)15-18)26-16(2)17-12-9-8-10-13-17/h8-10,12-13,16,18-19H,7,11,14-15H2,1-6H3,(H,24,25). The number of rotatable bonds is 7. The van der Waals surface area contributed by atoms with E-state index in [1.807, 2.05) is 18.2 Å². The van der Waals surface area contributed by atoms with Gasteiger partial charge in [0.05, 0.1) is 5.92 Å². The van der Waals surface area contributed by atoms with Crippen molar-refractivity contribution < 1.29 is 14.7 Å². The lowest BCUT2D eigenvalue weighted by atomic mass is 9.69. The fourth-order valence-electron chi connectivity index (χ4n) is 4.73. The van der Waals surface area contributed by atoms with Crippen LogP contribution in [-0.2, 0) is 9.63 Å². The predicted octanol–water partition coefficient (Wildman–Crippen LogP) is 5.45. The first-order valence-corrected chi connectivity index (χ1v) is 9.83. The zero-order chi connectivity index (χ0) is 19.5. The molecule has 4 heteroatoms. The highest BCUT2D eigenvalue weighted by Crippen LogP contribution is 2.46. The van der Waals surface area contributed by atoms with Gasteiger partial charge in [0, 0.05) is 11.1 Å². The number of nitrogens with zero attached hydrogens (tertiary/aromatic N) is 1. The first-order chi connectivity index (χ1) is 12.1. The number of aliphatic carboxylic acids is 1. The van der Waals surface area contributed by atoms with Gasteiger partial charge in [0.2, 0.25) is 0 Å². The Hall–Kier alpha value is -1.39. The monoisotopic (exact) mass is 361 g/mol. The van der Waals surface area contributed by atoms with E-state index >= 15 is 0 Å². The smallest absolute Gasteiger partial charge is 0.306 e. The van der Waals surface area contributed by atoms with Gasteiger partial charge >= 0.3 is 5.97 Å². The maximum Gasteiger partial charge on any atom is 0.306 e. The van der Waals surface area contributed by atoms with E-state index in [9.17, 15) is 9.90 Å². The molecule has 0 radical (unpaired) electrons. The number of carbonyl (C=O) groups is 1. The van der Waals surface area contributed by atoms with Gasteiger partial charge in [-0.15, -0.1) is 0 Å². The summed E-state index contributed by atoms with van der Waals surface area (Å²) in [5.74, 6) is -0.757. The molecule has 1 aliphatic rings. The lowest BCUT2D eigenvalue weighted by molar-refractivity contribution is -0.312. The van der Waals surface area contributed by atoms with Crippen LogP contribution in [0.4, 0.5) is 0 Å². The van der Waals surface area contributed by atoms with Crippen LogP contribution in [0.15, 0.2) is 30.3 Å². The van der Waals surface area contributed by atoms with Crippen LogP contribution < -0.4 is 0 Å². The van der Waals surface area contributed by atoms with Crippen molar-refractivity contribution in [1.29, 1.82) is 0 Å². The van der Waals surface area contributed by atoms with Crippen LogP contribution in [0.2, 0.25) is 0 Å². The van der Waals surface area contributed by atoms with E-state index in [2.05, 4.69) is 58.7 Å². The number of carboxylic acid groups (broad SMARTS) is 1. The van der Waals surface area contributed by atoms with E-state index in [0.29, 0.717) is 0 Å². The highest BCUT2D eigenvalue weighted by Gasteiger charge is 2.49. The average Bonchev–Trinajstić information content (AvgIpc) is 2.55. The number of carboxylic acids is 1. The summed E-state index contributed by atoms with van der Waals surface area (Å²) < 4.78 is 0. The summed E-state index contributed by atoms with van der Waals surface area (Å²) in [7, 11) is 0. The molecule has 1 fully saturated rings. The van der Waals surface area contributed by atoms with E-state index < -0.39 is 5.97 Å². The van der Waals surface area contributed by atoms with Gasteiger partial charge < -0.3 is 5.11 Å². The van der Waals surface area contributed by atoms with Crippen molar-refractivity contribution in [3.63, 3.8) is 0 Å². The molecule has 1 N–H and O–H groups in total. The van der Waals surface area contributed by atoms with E-state index in [1.165, 1.54) is 0 Å². The molecule has 1 heterocycles. The van der Waals surface area contributed by atoms with Crippen molar-refractivity contribution in [2.24, 2.45) is 11.8 Å². The van der Waals surface area contributed by atoms with Crippen molar-refractivity contribution in [2.45, 2.75) is 84.4 Å². The SMILES string of the molecule is CCCC(C(=O)O)C1CC(C)(C)N(OC(C)c2ccccc2)C(C)(C)C1. The van der Waals surface area contributed by atoms with E-state index in [4.69, 9.17) is 4.84 Å². The van der Waals surface area contributed by atoms with Crippen molar-refractivity contribution in [1.82, 2.24) is 5.06 Å². The largest absolute Gasteiger partial charge is 0.481 e. The highest BCUT2D eigenvalue weighted by molar-refractivity contribution is 5.70. The van der Waals surface area contributed by atoms with Crippen LogP contribution in [0, 0.1) is 11.8 Å². The van der Waals surface area contributed by atoms with Crippen LogP contribution in [0.1, 0.15) is 78.9 Å². The third-order valence-corrected chi connectivity index (χ3v) is 5.64. The molecule has 2 atom stereocenters. The fourth-order valence-corrected chi connectivity index (χ4v) is 4.73. The van der Waals surface area contributed by atoms with Crippen molar-refractivity contribution in [2.75, 3.05) is 0 Å².